The molecule has 2 aromatic rings. The molecule has 90 valence electrons. The molecule has 17 heavy (non-hydrogen) atoms. The number of thiazole rings is 1. The van der Waals surface area contributed by atoms with E-state index in [2.05, 4.69) is 20.9 Å². The molecule has 3 nitrogen and oxygen atoms in total. The van der Waals surface area contributed by atoms with Crippen molar-refractivity contribution in [1.29, 1.82) is 0 Å². The van der Waals surface area contributed by atoms with Gasteiger partial charge in [-0.25, -0.2) is 4.98 Å². The quantitative estimate of drug-likeness (QED) is 0.942. The van der Waals surface area contributed by atoms with Crippen molar-refractivity contribution in [2.75, 3.05) is 0 Å². The highest BCUT2D eigenvalue weighted by Gasteiger charge is 2.04. The number of aromatic nitrogens is 1. The maximum absolute atomic E-state index is 5.72. The Morgan fingerprint density at radius 3 is 2.88 bits per heavy atom. The molecule has 0 spiro atoms. The summed E-state index contributed by atoms with van der Waals surface area (Å²) in [5, 5.41) is 1.06. The second-order valence-corrected chi connectivity index (χ2v) is 5.78. The molecule has 0 fully saturated rings. The second-order valence-electron chi connectivity index (χ2n) is 3.60. The van der Waals surface area contributed by atoms with E-state index in [0.717, 1.165) is 25.7 Å². The summed E-state index contributed by atoms with van der Waals surface area (Å²) in [6, 6.07) is 5.88. The highest BCUT2D eigenvalue weighted by Crippen LogP contribution is 2.27. The van der Waals surface area contributed by atoms with Crippen LogP contribution in [0.3, 0.4) is 0 Å². The zero-order valence-electron chi connectivity index (χ0n) is 9.44. The van der Waals surface area contributed by atoms with E-state index in [4.69, 9.17) is 10.5 Å². The molecule has 0 aliphatic carbocycles. The van der Waals surface area contributed by atoms with Crippen LogP contribution in [0.4, 0.5) is 0 Å². The first kappa shape index (κ1) is 12.5. The molecule has 2 N–H and O–H groups in total. The molecule has 0 aliphatic rings. The minimum absolute atomic E-state index is 0.535. The number of nitrogens with two attached hydrogens (primary N) is 1. The SMILES string of the molecule is Cc1ncc(COc2ccc(CN)cc2Br)s1. The lowest BCUT2D eigenvalue weighted by molar-refractivity contribution is 0.307. The number of ether oxygens (including phenoxy) is 1. The van der Waals surface area contributed by atoms with Gasteiger partial charge in [-0.2, -0.15) is 0 Å². The summed E-state index contributed by atoms with van der Waals surface area (Å²) in [4.78, 5) is 5.31. The van der Waals surface area contributed by atoms with Crippen molar-refractivity contribution in [1.82, 2.24) is 4.98 Å². The zero-order chi connectivity index (χ0) is 12.3. The summed E-state index contributed by atoms with van der Waals surface area (Å²) in [5.41, 5.74) is 6.65. The number of hydrogen-bond acceptors (Lipinski definition) is 4. The number of hydrogen-bond donors (Lipinski definition) is 1. The number of benzene rings is 1. The Kier molecular flexibility index (Phi) is 4.15. The van der Waals surface area contributed by atoms with Crippen LogP contribution in [0.25, 0.3) is 0 Å². The number of halogens is 1. The van der Waals surface area contributed by atoms with Crippen LogP contribution in [0.2, 0.25) is 0 Å². The molecular weight excluding hydrogens is 300 g/mol. The lowest BCUT2D eigenvalue weighted by atomic mass is 10.2. The Morgan fingerprint density at radius 1 is 1.47 bits per heavy atom. The van der Waals surface area contributed by atoms with Crippen LogP contribution >= 0.6 is 27.3 Å². The molecule has 0 atom stereocenters. The van der Waals surface area contributed by atoms with Gasteiger partial charge in [0.2, 0.25) is 0 Å². The van der Waals surface area contributed by atoms with E-state index in [1.165, 1.54) is 0 Å². The van der Waals surface area contributed by atoms with Crippen LogP contribution in [0, 0.1) is 6.92 Å². The second kappa shape index (κ2) is 5.62. The van der Waals surface area contributed by atoms with Crippen molar-refractivity contribution in [3.05, 3.63) is 44.3 Å². The molecule has 0 bridgehead atoms. The van der Waals surface area contributed by atoms with Gasteiger partial charge in [0, 0.05) is 12.7 Å². The van der Waals surface area contributed by atoms with E-state index in [1.807, 2.05) is 31.3 Å². The molecule has 1 aromatic carbocycles. The van der Waals surface area contributed by atoms with E-state index >= 15 is 0 Å². The Hall–Kier alpha value is -0.910. The van der Waals surface area contributed by atoms with Crippen LogP contribution in [0.1, 0.15) is 15.4 Å². The van der Waals surface area contributed by atoms with E-state index < -0.39 is 0 Å². The fourth-order valence-corrected chi connectivity index (χ4v) is 2.66. The minimum atomic E-state index is 0.535. The van der Waals surface area contributed by atoms with Gasteiger partial charge in [-0.05, 0) is 40.5 Å². The molecule has 5 heteroatoms. The van der Waals surface area contributed by atoms with Crippen LogP contribution < -0.4 is 10.5 Å². The summed E-state index contributed by atoms with van der Waals surface area (Å²) >= 11 is 5.12. The summed E-state index contributed by atoms with van der Waals surface area (Å²) < 4.78 is 6.65. The lowest BCUT2D eigenvalue weighted by Gasteiger charge is -2.07. The summed E-state index contributed by atoms with van der Waals surface area (Å²) in [6.45, 7) is 3.07. The molecule has 2 rings (SSSR count). The topological polar surface area (TPSA) is 48.1 Å². The largest absolute Gasteiger partial charge is 0.487 e. The van der Waals surface area contributed by atoms with Gasteiger partial charge in [-0.1, -0.05) is 6.07 Å². The maximum atomic E-state index is 5.72. The van der Waals surface area contributed by atoms with Gasteiger partial charge in [-0.3, -0.25) is 0 Å². The Bertz CT molecular complexity index is 513. The average molecular weight is 313 g/mol. The lowest BCUT2D eigenvalue weighted by Crippen LogP contribution is -1.98. The molecule has 0 saturated carbocycles. The molecule has 0 radical (unpaired) electrons. The summed E-state index contributed by atoms with van der Waals surface area (Å²) in [6.07, 6.45) is 1.85. The third-order valence-corrected chi connectivity index (χ3v) is 3.78. The Labute approximate surface area is 113 Å². The average Bonchev–Trinajstić information content (AvgIpc) is 2.73. The molecule has 0 amide bonds. The number of aryl methyl sites for hydroxylation is 1. The standard InChI is InChI=1S/C12H13BrN2OS/c1-8-15-6-10(17-8)7-16-12-3-2-9(5-14)4-11(12)13/h2-4,6H,5,7,14H2,1H3. The summed E-state index contributed by atoms with van der Waals surface area (Å²) in [5.74, 6) is 0.827. The van der Waals surface area contributed by atoms with Crippen LogP contribution in [0.5, 0.6) is 5.75 Å². The third-order valence-electron chi connectivity index (χ3n) is 2.27. The van der Waals surface area contributed by atoms with Crippen LogP contribution in [0.15, 0.2) is 28.9 Å². The number of nitrogens with zero attached hydrogens (tertiary/aromatic N) is 1. The van der Waals surface area contributed by atoms with E-state index in [0.29, 0.717) is 13.2 Å². The van der Waals surface area contributed by atoms with Gasteiger partial charge < -0.3 is 10.5 Å². The highest BCUT2D eigenvalue weighted by atomic mass is 79.9. The monoisotopic (exact) mass is 312 g/mol. The molecule has 1 heterocycles. The van der Waals surface area contributed by atoms with Crippen molar-refractivity contribution in [2.45, 2.75) is 20.1 Å². The van der Waals surface area contributed by atoms with Gasteiger partial charge >= 0.3 is 0 Å². The van der Waals surface area contributed by atoms with E-state index in [9.17, 15) is 0 Å². The van der Waals surface area contributed by atoms with Crippen LogP contribution in [-0.4, -0.2) is 4.98 Å². The molecule has 0 aliphatic heterocycles. The predicted octanol–water partition coefficient (Wildman–Crippen LogP) is 3.25. The smallest absolute Gasteiger partial charge is 0.134 e. The molecule has 0 unspecified atom stereocenters. The normalized spacial score (nSPS) is 10.5. The molecule has 1 aromatic heterocycles. The molecular formula is C12H13BrN2OS. The van der Waals surface area contributed by atoms with E-state index in [1.54, 1.807) is 11.3 Å². The minimum Gasteiger partial charge on any atom is -0.487 e. The zero-order valence-corrected chi connectivity index (χ0v) is 11.8. The molecule has 0 saturated heterocycles. The number of rotatable bonds is 4. The van der Waals surface area contributed by atoms with Crippen molar-refractivity contribution in [3.8, 4) is 5.75 Å². The van der Waals surface area contributed by atoms with Crippen molar-refractivity contribution in [3.63, 3.8) is 0 Å². The van der Waals surface area contributed by atoms with Gasteiger partial charge in [0.15, 0.2) is 0 Å². The third kappa shape index (κ3) is 3.28. The highest BCUT2D eigenvalue weighted by molar-refractivity contribution is 9.10. The van der Waals surface area contributed by atoms with Crippen LogP contribution in [-0.2, 0) is 13.2 Å². The van der Waals surface area contributed by atoms with Gasteiger partial charge in [0.1, 0.15) is 12.4 Å². The predicted molar refractivity (Wildman–Crippen MR) is 73.2 cm³/mol. The fraction of sp³-hybridized carbons (Fsp3) is 0.250. The fourth-order valence-electron chi connectivity index (χ4n) is 1.41. The maximum Gasteiger partial charge on any atom is 0.134 e. The van der Waals surface area contributed by atoms with Crippen molar-refractivity contribution < 1.29 is 4.74 Å². The Balaban J connectivity index is 2.04. The Morgan fingerprint density at radius 2 is 2.29 bits per heavy atom. The van der Waals surface area contributed by atoms with E-state index in [-0.39, 0.29) is 0 Å². The van der Waals surface area contributed by atoms with Crippen molar-refractivity contribution in [2.24, 2.45) is 5.73 Å². The van der Waals surface area contributed by atoms with Gasteiger partial charge in [0.25, 0.3) is 0 Å². The van der Waals surface area contributed by atoms with Crippen molar-refractivity contribution >= 4 is 27.3 Å². The first-order valence-corrected chi connectivity index (χ1v) is 6.82. The first-order valence-electron chi connectivity index (χ1n) is 5.21. The first-order chi connectivity index (χ1) is 8.19. The van der Waals surface area contributed by atoms with Gasteiger partial charge in [0.05, 0.1) is 14.4 Å². The summed E-state index contributed by atoms with van der Waals surface area (Å²) in [7, 11) is 0. The van der Waals surface area contributed by atoms with Gasteiger partial charge in [-0.15, -0.1) is 11.3 Å².